The number of sulfone groups is 1. The van der Waals surface area contributed by atoms with Crippen molar-refractivity contribution >= 4 is 15.5 Å². The molecule has 0 radical (unpaired) electrons. The molecule has 1 aliphatic heterocycles. The number of nitrogens with one attached hydrogen (secondary N) is 1. The first-order valence-electron chi connectivity index (χ1n) is 8.10. The van der Waals surface area contributed by atoms with Crippen LogP contribution in [-0.2, 0) is 9.84 Å². The average Bonchev–Trinajstić information content (AvgIpc) is 2.62. The van der Waals surface area contributed by atoms with E-state index in [-0.39, 0.29) is 9.79 Å². The van der Waals surface area contributed by atoms with Crippen molar-refractivity contribution < 1.29 is 17.2 Å². The highest BCUT2D eigenvalue weighted by atomic mass is 32.2. The predicted octanol–water partition coefficient (Wildman–Crippen LogP) is 3.18. The second kappa shape index (κ2) is 7.09. The Balaban J connectivity index is 2.13. The van der Waals surface area contributed by atoms with Gasteiger partial charge in [0.25, 0.3) is 6.43 Å². The van der Waals surface area contributed by atoms with E-state index in [4.69, 9.17) is 0 Å². The van der Waals surface area contributed by atoms with E-state index in [1.165, 1.54) is 24.3 Å². The standard InChI is InChI=1S/C18H20F2N2O2S/c1-13-5-7-14(8-6-13)25(23,24)16-4-2-3-15(17(16)18(19)20)22-11-9-21-10-12-22/h2-8,18,21H,9-12H2,1H3. The summed E-state index contributed by atoms with van der Waals surface area (Å²) in [4.78, 5) is 1.52. The van der Waals surface area contributed by atoms with Crippen molar-refractivity contribution in [3.8, 4) is 0 Å². The van der Waals surface area contributed by atoms with Gasteiger partial charge < -0.3 is 10.2 Å². The van der Waals surface area contributed by atoms with Crippen molar-refractivity contribution in [2.75, 3.05) is 31.1 Å². The van der Waals surface area contributed by atoms with E-state index < -0.39 is 21.8 Å². The van der Waals surface area contributed by atoms with Gasteiger partial charge in [-0.15, -0.1) is 0 Å². The van der Waals surface area contributed by atoms with Crippen LogP contribution in [0.3, 0.4) is 0 Å². The summed E-state index contributed by atoms with van der Waals surface area (Å²) in [5.41, 5.74) is 0.789. The van der Waals surface area contributed by atoms with Gasteiger partial charge in [0.15, 0.2) is 0 Å². The molecular formula is C18H20F2N2O2S. The molecule has 1 fully saturated rings. The van der Waals surface area contributed by atoms with Crippen LogP contribution in [0.25, 0.3) is 0 Å². The van der Waals surface area contributed by atoms with E-state index in [1.807, 2.05) is 11.8 Å². The van der Waals surface area contributed by atoms with Crippen LogP contribution in [0.2, 0.25) is 0 Å². The predicted molar refractivity (Wildman–Crippen MR) is 93.1 cm³/mol. The summed E-state index contributed by atoms with van der Waals surface area (Å²) in [7, 11) is -4.01. The third-order valence-electron chi connectivity index (χ3n) is 4.34. The summed E-state index contributed by atoms with van der Waals surface area (Å²) in [6.07, 6.45) is -2.87. The smallest absolute Gasteiger partial charge is 0.267 e. The lowest BCUT2D eigenvalue weighted by atomic mass is 10.1. The number of aryl methyl sites for hydroxylation is 1. The number of anilines is 1. The Labute approximate surface area is 146 Å². The van der Waals surface area contributed by atoms with E-state index in [1.54, 1.807) is 18.2 Å². The SMILES string of the molecule is Cc1ccc(S(=O)(=O)c2cccc(N3CCNCC3)c2C(F)F)cc1. The Morgan fingerprint density at radius 3 is 2.28 bits per heavy atom. The quantitative estimate of drug-likeness (QED) is 0.903. The minimum absolute atomic E-state index is 0.0254. The molecule has 0 spiro atoms. The molecular weight excluding hydrogens is 346 g/mol. The van der Waals surface area contributed by atoms with Crippen molar-refractivity contribution in [1.82, 2.24) is 5.32 Å². The Kier molecular flexibility index (Phi) is 5.06. The number of alkyl halides is 2. The fourth-order valence-corrected chi connectivity index (χ4v) is 4.50. The topological polar surface area (TPSA) is 49.4 Å². The number of benzene rings is 2. The van der Waals surface area contributed by atoms with E-state index in [0.717, 1.165) is 5.56 Å². The first-order valence-corrected chi connectivity index (χ1v) is 9.58. The van der Waals surface area contributed by atoms with Crippen molar-refractivity contribution in [3.63, 3.8) is 0 Å². The highest BCUT2D eigenvalue weighted by Gasteiger charge is 2.29. The van der Waals surface area contributed by atoms with Gasteiger partial charge in [0.1, 0.15) is 0 Å². The maximum atomic E-state index is 13.8. The maximum absolute atomic E-state index is 13.8. The largest absolute Gasteiger partial charge is 0.369 e. The molecule has 0 unspecified atom stereocenters. The lowest BCUT2D eigenvalue weighted by molar-refractivity contribution is 0.148. The van der Waals surface area contributed by atoms with Gasteiger partial charge in [-0.25, -0.2) is 17.2 Å². The molecule has 134 valence electrons. The summed E-state index contributed by atoms with van der Waals surface area (Å²) in [6.45, 7) is 4.32. The Morgan fingerprint density at radius 1 is 1.04 bits per heavy atom. The van der Waals surface area contributed by atoms with Crippen LogP contribution in [-0.4, -0.2) is 34.6 Å². The molecule has 4 nitrogen and oxygen atoms in total. The molecule has 1 aliphatic rings. The molecule has 0 amide bonds. The molecule has 3 rings (SSSR count). The van der Waals surface area contributed by atoms with Crippen LogP contribution in [0.4, 0.5) is 14.5 Å². The third kappa shape index (κ3) is 3.52. The van der Waals surface area contributed by atoms with E-state index in [9.17, 15) is 17.2 Å². The minimum atomic E-state index is -4.01. The molecule has 0 atom stereocenters. The molecule has 0 aliphatic carbocycles. The molecule has 0 bridgehead atoms. The highest BCUT2D eigenvalue weighted by molar-refractivity contribution is 7.91. The molecule has 1 saturated heterocycles. The van der Waals surface area contributed by atoms with Gasteiger partial charge in [-0.2, -0.15) is 0 Å². The Bertz CT molecular complexity index is 846. The van der Waals surface area contributed by atoms with Crippen LogP contribution in [0.5, 0.6) is 0 Å². The molecule has 2 aromatic rings. The molecule has 0 aromatic heterocycles. The summed E-state index contributed by atoms with van der Waals surface area (Å²) in [6, 6.07) is 10.6. The van der Waals surface area contributed by atoms with Crippen LogP contribution in [0, 0.1) is 6.92 Å². The highest BCUT2D eigenvalue weighted by Crippen LogP contribution is 2.37. The minimum Gasteiger partial charge on any atom is -0.369 e. The zero-order chi connectivity index (χ0) is 18.0. The van der Waals surface area contributed by atoms with E-state index in [2.05, 4.69) is 5.32 Å². The maximum Gasteiger partial charge on any atom is 0.267 e. The van der Waals surface area contributed by atoms with Crippen LogP contribution in [0.15, 0.2) is 52.3 Å². The summed E-state index contributed by atoms with van der Waals surface area (Å²) >= 11 is 0. The molecule has 0 saturated carbocycles. The zero-order valence-corrected chi connectivity index (χ0v) is 14.7. The molecule has 25 heavy (non-hydrogen) atoms. The number of piperazine rings is 1. The molecule has 1 N–H and O–H groups in total. The van der Waals surface area contributed by atoms with Crippen molar-refractivity contribution in [3.05, 3.63) is 53.6 Å². The van der Waals surface area contributed by atoms with Crippen molar-refractivity contribution in [1.29, 1.82) is 0 Å². The fraction of sp³-hybridized carbons (Fsp3) is 0.333. The van der Waals surface area contributed by atoms with Crippen LogP contribution >= 0.6 is 0 Å². The molecule has 2 aromatic carbocycles. The second-order valence-corrected chi connectivity index (χ2v) is 7.96. The number of rotatable bonds is 4. The normalized spacial score (nSPS) is 15.6. The van der Waals surface area contributed by atoms with Gasteiger partial charge >= 0.3 is 0 Å². The van der Waals surface area contributed by atoms with Crippen LogP contribution in [0.1, 0.15) is 17.6 Å². The van der Waals surface area contributed by atoms with Gasteiger partial charge in [-0.05, 0) is 31.2 Å². The number of hydrogen-bond acceptors (Lipinski definition) is 4. The van der Waals surface area contributed by atoms with Gasteiger partial charge in [-0.1, -0.05) is 23.8 Å². The summed E-state index contributed by atoms with van der Waals surface area (Å²) in [5, 5.41) is 3.16. The number of hydrogen-bond donors (Lipinski definition) is 1. The molecule has 7 heteroatoms. The second-order valence-electron chi connectivity index (χ2n) is 6.04. The van der Waals surface area contributed by atoms with Gasteiger partial charge in [0, 0.05) is 31.9 Å². The van der Waals surface area contributed by atoms with E-state index >= 15 is 0 Å². The van der Waals surface area contributed by atoms with Crippen molar-refractivity contribution in [2.45, 2.75) is 23.1 Å². The number of halogens is 2. The van der Waals surface area contributed by atoms with Crippen LogP contribution < -0.4 is 10.2 Å². The zero-order valence-electron chi connectivity index (χ0n) is 13.9. The number of nitrogens with zero attached hydrogens (tertiary/aromatic N) is 1. The fourth-order valence-electron chi connectivity index (χ4n) is 3.01. The monoisotopic (exact) mass is 366 g/mol. The van der Waals surface area contributed by atoms with Gasteiger partial charge in [0.2, 0.25) is 9.84 Å². The van der Waals surface area contributed by atoms with E-state index in [0.29, 0.717) is 31.9 Å². The molecule has 1 heterocycles. The Morgan fingerprint density at radius 2 is 1.68 bits per heavy atom. The lowest BCUT2D eigenvalue weighted by Gasteiger charge is -2.31. The average molecular weight is 366 g/mol. The first-order chi connectivity index (χ1) is 11.9. The van der Waals surface area contributed by atoms with Gasteiger partial charge in [0.05, 0.1) is 15.4 Å². The Hall–Kier alpha value is -1.99. The summed E-state index contributed by atoms with van der Waals surface area (Å²) < 4.78 is 53.6. The first kappa shape index (κ1) is 17.8. The lowest BCUT2D eigenvalue weighted by Crippen LogP contribution is -2.44. The summed E-state index contributed by atoms with van der Waals surface area (Å²) in [5.74, 6) is 0. The van der Waals surface area contributed by atoms with Gasteiger partial charge in [-0.3, -0.25) is 0 Å². The van der Waals surface area contributed by atoms with Crippen molar-refractivity contribution in [2.24, 2.45) is 0 Å². The third-order valence-corrected chi connectivity index (χ3v) is 6.17.